The first-order valence-corrected chi connectivity index (χ1v) is 6.52. The lowest BCUT2D eigenvalue weighted by atomic mass is 10.1. The second-order valence-corrected chi connectivity index (χ2v) is 4.67. The summed E-state index contributed by atoms with van der Waals surface area (Å²) in [6.45, 7) is 2.75. The SMILES string of the molecule is COc1cccc(NC(=O)N[C@@H](C)[C@H]2CCCO2)c1. The van der Waals surface area contributed by atoms with E-state index in [1.165, 1.54) is 0 Å². The normalized spacial score (nSPS) is 19.8. The first-order chi connectivity index (χ1) is 9.19. The highest BCUT2D eigenvalue weighted by Crippen LogP contribution is 2.17. The van der Waals surface area contributed by atoms with Crippen LogP contribution in [0.25, 0.3) is 0 Å². The van der Waals surface area contributed by atoms with Gasteiger partial charge in [-0.05, 0) is 31.9 Å². The fraction of sp³-hybridized carbons (Fsp3) is 0.500. The maximum atomic E-state index is 11.9. The van der Waals surface area contributed by atoms with Crippen molar-refractivity contribution in [3.63, 3.8) is 0 Å². The second kappa shape index (κ2) is 6.43. The van der Waals surface area contributed by atoms with Crippen LogP contribution in [0.1, 0.15) is 19.8 Å². The van der Waals surface area contributed by atoms with Crippen LogP contribution in [0, 0.1) is 0 Å². The summed E-state index contributed by atoms with van der Waals surface area (Å²) < 4.78 is 10.6. The largest absolute Gasteiger partial charge is 0.497 e. The van der Waals surface area contributed by atoms with E-state index in [0.717, 1.165) is 19.4 Å². The Balaban J connectivity index is 1.86. The fourth-order valence-electron chi connectivity index (χ4n) is 2.16. The van der Waals surface area contributed by atoms with E-state index < -0.39 is 0 Å². The molecule has 0 unspecified atom stereocenters. The maximum Gasteiger partial charge on any atom is 0.319 e. The Morgan fingerprint density at radius 1 is 1.53 bits per heavy atom. The lowest BCUT2D eigenvalue weighted by Gasteiger charge is -2.20. The van der Waals surface area contributed by atoms with Crippen molar-refractivity contribution in [2.75, 3.05) is 19.0 Å². The van der Waals surface area contributed by atoms with E-state index in [1.54, 1.807) is 13.2 Å². The van der Waals surface area contributed by atoms with Crippen molar-refractivity contribution in [2.45, 2.75) is 31.9 Å². The highest BCUT2D eigenvalue weighted by molar-refractivity contribution is 5.89. The number of ether oxygens (including phenoxy) is 2. The number of hydrogen-bond donors (Lipinski definition) is 2. The monoisotopic (exact) mass is 264 g/mol. The molecule has 1 saturated heterocycles. The molecule has 1 fully saturated rings. The standard InChI is InChI=1S/C14H20N2O3/c1-10(13-7-4-8-19-13)15-14(17)16-11-5-3-6-12(9-11)18-2/h3,5-6,9-10,13H,4,7-8H2,1-2H3,(H2,15,16,17)/t10-,13+/m0/s1. The minimum absolute atomic E-state index is 0.00751. The molecule has 1 heterocycles. The van der Waals surface area contributed by atoms with E-state index in [1.807, 2.05) is 25.1 Å². The fourth-order valence-corrected chi connectivity index (χ4v) is 2.16. The van der Waals surface area contributed by atoms with E-state index in [4.69, 9.17) is 9.47 Å². The van der Waals surface area contributed by atoms with Gasteiger partial charge in [0.2, 0.25) is 0 Å². The molecule has 1 aliphatic heterocycles. The summed E-state index contributed by atoms with van der Waals surface area (Å²) in [5.41, 5.74) is 0.705. The number of amides is 2. The zero-order valence-electron chi connectivity index (χ0n) is 11.3. The molecule has 2 amide bonds. The molecular weight excluding hydrogens is 244 g/mol. The van der Waals surface area contributed by atoms with Gasteiger partial charge in [0.25, 0.3) is 0 Å². The number of carbonyl (C=O) groups is 1. The third-order valence-corrected chi connectivity index (χ3v) is 3.21. The number of hydrogen-bond acceptors (Lipinski definition) is 3. The van der Waals surface area contributed by atoms with Gasteiger partial charge in [-0.3, -0.25) is 0 Å². The summed E-state index contributed by atoms with van der Waals surface area (Å²) in [7, 11) is 1.60. The van der Waals surface area contributed by atoms with Gasteiger partial charge in [-0.2, -0.15) is 0 Å². The molecule has 1 aliphatic rings. The molecule has 0 spiro atoms. The van der Waals surface area contributed by atoms with Crippen molar-refractivity contribution in [3.8, 4) is 5.75 Å². The molecule has 1 aromatic rings. The van der Waals surface area contributed by atoms with Crippen LogP contribution in [0.5, 0.6) is 5.75 Å². The summed E-state index contributed by atoms with van der Waals surface area (Å²) in [6.07, 6.45) is 2.19. The Hall–Kier alpha value is -1.75. The first kappa shape index (κ1) is 13.7. The van der Waals surface area contributed by atoms with Gasteiger partial charge in [0.05, 0.1) is 19.3 Å². The number of carbonyl (C=O) groups excluding carboxylic acids is 1. The summed E-state index contributed by atoms with van der Waals surface area (Å²) in [5, 5.41) is 5.68. The van der Waals surface area contributed by atoms with Crippen LogP contribution in [-0.4, -0.2) is 31.9 Å². The minimum atomic E-state index is -0.226. The van der Waals surface area contributed by atoms with Gasteiger partial charge in [0.15, 0.2) is 0 Å². The van der Waals surface area contributed by atoms with Crippen LogP contribution in [-0.2, 0) is 4.74 Å². The van der Waals surface area contributed by atoms with E-state index >= 15 is 0 Å². The van der Waals surface area contributed by atoms with Gasteiger partial charge >= 0.3 is 6.03 Å². The number of anilines is 1. The molecule has 2 atom stereocenters. The van der Waals surface area contributed by atoms with Gasteiger partial charge in [-0.25, -0.2) is 4.79 Å². The molecule has 0 saturated carbocycles. The molecule has 19 heavy (non-hydrogen) atoms. The zero-order valence-corrected chi connectivity index (χ0v) is 11.3. The highest BCUT2D eigenvalue weighted by Gasteiger charge is 2.23. The quantitative estimate of drug-likeness (QED) is 0.877. The van der Waals surface area contributed by atoms with Crippen LogP contribution in [0.15, 0.2) is 24.3 Å². The van der Waals surface area contributed by atoms with E-state index in [9.17, 15) is 4.79 Å². The predicted molar refractivity (Wildman–Crippen MR) is 73.6 cm³/mol. The van der Waals surface area contributed by atoms with Crippen LogP contribution >= 0.6 is 0 Å². The van der Waals surface area contributed by atoms with Gasteiger partial charge in [0.1, 0.15) is 5.75 Å². The van der Waals surface area contributed by atoms with E-state index in [2.05, 4.69) is 10.6 Å². The smallest absolute Gasteiger partial charge is 0.319 e. The molecule has 2 rings (SSSR count). The minimum Gasteiger partial charge on any atom is -0.497 e. The molecule has 5 nitrogen and oxygen atoms in total. The third kappa shape index (κ3) is 3.86. The number of urea groups is 1. The molecule has 0 radical (unpaired) electrons. The molecule has 104 valence electrons. The van der Waals surface area contributed by atoms with Gasteiger partial charge in [-0.1, -0.05) is 6.07 Å². The van der Waals surface area contributed by atoms with Crippen LogP contribution < -0.4 is 15.4 Å². The topological polar surface area (TPSA) is 59.6 Å². The van der Waals surface area contributed by atoms with Gasteiger partial charge in [0, 0.05) is 18.4 Å². The Labute approximate surface area is 113 Å². The number of nitrogens with one attached hydrogen (secondary N) is 2. The van der Waals surface area contributed by atoms with Crippen molar-refractivity contribution in [2.24, 2.45) is 0 Å². The number of benzene rings is 1. The summed E-state index contributed by atoms with van der Waals surface area (Å²) >= 11 is 0. The predicted octanol–water partition coefficient (Wildman–Crippen LogP) is 2.38. The Morgan fingerprint density at radius 3 is 3.05 bits per heavy atom. The summed E-state index contributed by atoms with van der Waals surface area (Å²) in [6, 6.07) is 7.04. The molecule has 0 aromatic heterocycles. The van der Waals surface area contributed by atoms with Crippen molar-refractivity contribution in [1.82, 2.24) is 5.32 Å². The molecule has 1 aromatic carbocycles. The Kier molecular flexibility index (Phi) is 4.63. The highest BCUT2D eigenvalue weighted by atomic mass is 16.5. The lowest BCUT2D eigenvalue weighted by molar-refractivity contribution is 0.0868. The molecular formula is C14H20N2O3. The number of rotatable bonds is 4. The van der Waals surface area contributed by atoms with Crippen molar-refractivity contribution in [3.05, 3.63) is 24.3 Å². The van der Waals surface area contributed by atoms with E-state index in [0.29, 0.717) is 11.4 Å². The number of methoxy groups -OCH3 is 1. The average molecular weight is 264 g/mol. The molecule has 2 N–H and O–H groups in total. The molecule has 0 bridgehead atoms. The second-order valence-electron chi connectivity index (χ2n) is 4.67. The zero-order chi connectivity index (χ0) is 13.7. The summed E-state index contributed by atoms with van der Waals surface area (Å²) in [5.74, 6) is 0.713. The third-order valence-electron chi connectivity index (χ3n) is 3.21. The van der Waals surface area contributed by atoms with Gasteiger partial charge in [-0.15, -0.1) is 0 Å². The van der Waals surface area contributed by atoms with Crippen LogP contribution in [0.3, 0.4) is 0 Å². The molecule has 0 aliphatic carbocycles. The Bertz CT molecular complexity index is 430. The van der Waals surface area contributed by atoms with Gasteiger partial charge < -0.3 is 20.1 Å². The van der Waals surface area contributed by atoms with Crippen molar-refractivity contribution >= 4 is 11.7 Å². The van der Waals surface area contributed by atoms with Crippen LogP contribution in [0.4, 0.5) is 10.5 Å². The molecule has 5 heteroatoms. The van der Waals surface area contributed by atoms with Crippen molar-refractivity contribution < 1.29 is 14.3 Å². The first-order valence-electron chi connectivity index (χ1n) is 6.52. The summed E-state index contributed by atoms with van der Waals surface area (Å²) in [4.78, 5) is 11.9. The van der Waals surface area contributed by atoms with Crippen LogP contribution in [0.2, 0.25) is 0 Å². The van der Waals surface area contributed by atoms with Crippen molar-refractivity contribution in [1.29, 1.82) is 0 Å². The van der Waals surface area contributed by atoms with E-state index in [-0.39, 0.29) is 18.2 Å². The lowest BCUT2D eigenvalue weighted by Crippen LogP contribution is -2.42. The Morgan fingerprint density at radius 2 is 2.37 bits per heavy atom. The maximum absolute atomic E-state index is 11.9. The average Bonchev–Trinajstić information content (AvgIpc) is 2.92.